The largest absolute Gasteiger partial charge is 0.366 e. The van der Waals surface area contributed by atoms with Gasteiger partial charge in [-0.2, -0.15) is 0 Å². The highest BCUT2D eigenvalue weighted by Crippen LogP contribution is 2.22. The average molecular weight is 229 g/mol. The predicted octanol–water partition coefficient (Wildman–Crippen LogP) is 1.73. The summed E-state index contributed by atoms with van der Waals surface area (Å²) in [6, 6.07) is 5.85. The summed E-state index contributed by atoms with van der Waals surface area (Å²) < 4.78 is 15.0. The molecule has 4 nitrogen and oxygen atoms in total. The summed E-state index contributed by atoms with van der Waals surface area (Å²) in [6.45, 7) is 0. The van der Waals surface area contributed by atoms with Gasteiger partial charge in [-0.15, -0.1) is 0 Å². The first-order valence-electron chi connectivity index (χ1n) is 5.01. The number of fused-ring (bicyclic) bond motifs is 3. The second kappa shape index (κ2) is 3.28. The molecule has 0 radical (unpaired) electrons. The molecule has 5 heteroatoms. The third-order valence-electron chi connectivity index (χ3n) is 2.73. The van der Waals surface area contributed by atoms with Gasteiger partial charge in [0.05, 0.1) is 29.1 Å². The first-order chi connectivity index (χ1) is 8.16. The minimum atomic E-state index is -0.579. The van der Waals surface area contributed by atoms with Gasteiger partial charge in [-0.1, -0.05) is 0 Å². The second-order valence-corrected chi connectivity index (χ2v) is 3.77. The van der Waals surface area contributed by atoms with Crippen LogP contribution < -0.4 is 5.73 Å². The Morgan fingerprint density at radius 3 is 2.94 bits per heavy atom. The summed E-state index contributed by atoms with van der Waals surface area (Å²) in [7, 11) is 0. The molecule has 0 unspecified atom stereocenters. The fourth-order valence-electron chi connectivity index (χ4n) is 1.98. The molecule has 3 rings (SSSR count). The maximum Gasteiger partial charge on any atom is 0.249 e. The Morgan fingerprint density at radius 1 is 1.35 bits per heavy atom. The Labute approximate surface area is 95.5 Å². The molecule has 0 saturated heterocycles. The fourth-order valence-corrected chi connectivity index (χ4v) is 1.98. The predicted molar refractivity (Wildman–Crippen MR) is 61.2 cm³/mol. The number of benzene rings is 1. The molecule has 0 fully saturated rings. The van der Waals surface area contributed by atoms with E-state index in [1.165, 1.54) is 12.1 Å². The molecule has 0 bridgehead atoms. The highest BCUT2D eigenvalue weighted by atomic mass is 19.1. The molecule has 1 aromatic carbocycles. The van der Waals surface area contributed by atoms with E-state index >= 15 is 0 Å². The van der Waals surface area contributed by atoms with Gasteiger partial charge < -0.3 is 5.73 Å². The van der Waals surface area contributed by atoms with Crippen molar-refractivity contribution in [3.8, 4) is 0 Å². The zero-order valence-electron chi connectivity index (χ0n) is 8.72. The molecule has 0 saturated carbocycles. The summed E-state index contributed by atoms with van der Waals surface area (Å²) in [5, 5.41) is 0.489. The van der Waals surface area contributed by atoms with Crippen LogP contribution in [0.15, 0.2) is 36.8 Å². The standard InChI is InChI=1S/C12H8FN3O/c13-7-1-2-11-9(3-7)10(12(14)17)4-8-5-15-6-16(8)11/h1-6H,(H2,14,17). The van der Waals surface area contributed by atoms with Gasteiger partial charge in [0, 0.05) is 5.39 Å². The summed E-state index contributed by atoms with van der Waals surface area (Å²) >= 11 is 0. The molecule has 17 heavy (non-hydrogen) atoms. The number of pyridine rings is 1. The molecular weight excluding hydrogens is 221 g/mol. The summed E-state index contributed by atoms with van der Waals surface area (Å²) in [6.07, 6.45) is 3.23. The zero-order chi connectivity index (χ0) is 12.0. The van der Waals surface area contributed by atoms with E-state index in [4.69, 9.17) is 5.73 Å². The van der Waals surface area contributed by atoms with Gasteiger partial charge in [0.2, 0.25) is 5.91 Å². The normalized spacial score (nSPS) is 11.1. The molecule has 2 N–H and O–H groups in total. The number of nitrogens with zero attached hydrogens (tertiary/aromatic N) is 2. The number of aromatic nitrogens is 2. The van der Waals surface area contributed by atoms with E-state index in [0.29, 0.717) is 16.5 Å². The number of rotatable bonds is 1. The van der Waals surface area contributed by atoms with Gasteiger partial charge in [0.15, 0.2) is 0 Å². The topological polar surface area (TPSA) is 60.4 Å². The highest BCUT2D eigenvalue weighted by Gasteiger charge is 2.11. The number of halogens is 1. The fraction of sp³-hybridized carbons (Fsp3) is 0. The summed E-state index contributed by atoms with van der Waals surface area (Å²) in [4.78, 5) is 15.4. The van der Waals surface area contributed by atoms with Crippen LogP contribution in [0.25, 0.3) is 16.4 Å². The van der Waals surface area contributed by atoms with E-state index in [1.807, 2.05) is 0 Å². The Bertz CT molecular complexity index is 748. The molecule has 1 amide bonds. The van der Waals surface area contributed by atoms with Crippen molar-refractivity contribution in [3.63, 3.8) is 0 Å². The van der Waals surface area contributed by atoms with Crippen molar-refractivity contribution < 1.29 is 9.18 Å². The van der Waals surface area contributed by atoms with Crippen molar-refractivity contribution in [2.24, 2.45) is 5.73 Å². The first-order valence-corrected chi connectivity index (χ1v) is 5.01. The Hall–Kier alpha value is -2.43. The van der Waals surface area contributed by atoms with E-state index < -0.39 is 11.7 Å². The molecule has 2 heterocycles. The van der Waals surface area contributed by atoms with E-state index in [-0.39, 0.29) is 0 Å². The number of carbonyl (C=O) groups excluding carboxylic acids is 1. The van der Waals surface area contributed by atoms with Crippen molar-refractivity contribution in [1.29, 1.82) is 0 Å². The number of hydrogen-bond donors (Lipinski definition) is 1. The van der Waals surface area contributed by atoms with Crippen LogP contribution in [0.3, 0.4) is 0 Å². The lowest BCUT2D eigenvalue weighted by molar-refractivity contribution is 0.100. The number of amides is 1. The van der Waals surface area contributed by atoms with Gasteiger partial charge >= 0.3 is 0 Å². The van der Waals surface area contributed by atoms with E-state index in [9.17, 15) is 9.18 Å². The Kier molecular flexibility index (Phi) is 1.89. The van der Waals surface area contributed by atoms with Gasteiger partial charge in [-0.3, -0.25) is 9.20 Å². The van der Waals surface area contributed by atoms with Crippen LogP contribution in [0.2, 0.25) is 0 Å². The van der Waals surface area contributed by atoms with Crippen molar-refractivity contribution in [2.75, 3.05) is 0 Å². The number of nitrogens with two attached hydrogens (primary N) is 1. The first kappa shape index (κ1) is 9.77. The number of hydrogen-bond acceptors (Lipinski definition) is 2. The zero-order valence-corrected chi connectivity index (χ0v) is 8.72. The molecule has 2 aromatic heterocycles. The lowest BCUT2D eigenvalue weighted by Crippen LogP contribution is -2.12. The smallest absolute Gasteiger partial charge is 0.249 e. The van der Waals surface area contributed by atoms with E-state index in [2.05, 4.69) is 4.98 Å². The molecule has 0 atom stereocenters. The SMILES string of the molecule is NC(=O)c1cc2cncn2c2ccc(F)cc12. The number of carbonyl (C=O) groups is 1. The van der Waals surface area contributed by atoms with E-state index in [0.717, 1.165) is 5.52 Å². The molecular formula is C12H8FN3O. The Morgan fingerprint density at radius 2 is 2.18 bits per heavy atom. The third-order valence-corrected chi connectivity index (χ3v) is 2.73. The van der Waals surface area contributed by atoms with Crippen LogP contribution in [0.4, 0.5) is 4.39 Å². The third kappa shape index (κ3) is 1.36. The molecule has 0 aliphatic carbocycles. The van der Waals surface area contributed by atoms with E-state index in [1.54, 1.807) is 29.1 Å². The van der Waals surface area contributed by atoms with Crippen molar-refractivity contribution >= 4 is 22.3 Å². The lowest BCUT2D eigenvalue weighted by atomic mass is 10.1. The van der Waals surface area contributed by atoms with Gasteiger partial charge in [0.1, 0.15) is 5.82 Å². The Balaban J connectivity index is 2.58. The van der Waals surface area contributed by atoms with Crippen LogP contribution in [0.1, 0.15) is 10.4 Å². The van der Waals surface area contributed by atoms with Crippen LogP contribution in [-0.4, -0.2) is 15.3 Å². The minimum absolute atomic E-state index is 0.299. The van der Waals surface area contributed by atoms with Crippen molar-refractivity contribution in [2.45, 2.75) is 0 Å². The highest BCUT2D eigenvalue weighted by molar-refractivity contribution is 6.06. The molecule has 0 aliphatic heterocycles. The number of primary amides is 1. The monoisotopic (exact) mass is 229 g/mol. The molecule has 0 spiro atoms. The lowest BCUT2D eigenvalue weighted by Gasteiger charge is -2.06. The average Bonchev–Trinajstić information content (AvgIpc) is 2.75. The maximum absolute atomic E-state index is 13.2. The molecule has 0 aliphatic rings. The molecule has 3 aromatic rings. The quantitative estimate of drug-likeness (QED) is 0.690. The van der Waals surface area contributed by atoms with Crippen LogP contribution in [0, 0.1) is 5.82 Å². The second-order valence-electron chi connectivity index (χ2n) is 3.77. The maximum atomic E-state index is 13.2. The van der Waals surface area contributed by atoms with Crippen molar-refractivity contribution in [3.05, 3.63) is 48.2 Å². The number of imidazole rings is 1. The summed E-state index contributed by atoms with van der Waals surface area (Å²) in [5.41, 5.74) is 7.05. The minimum Gasteiger partial charge on any atom is -0.366 e. The van der Waals surface area contributed by atoms with Crippen LogP contribution >= 0.6 is 0 Å². The van der Waals surface area contributed by atoms with Crippen molar-refractivity contribution in [1.82, 2.24) is 9.38 Å². The van der Waals surface area contributed by atoms with Gasteiger partial charge in [0.25, 0.3) is 0 Å². The van der Waals surface area contributed by atoms with Crippen LogP contribution in [-0.2, 0) is 0 Å². The van der Waals surface area contributed by atoms with Crippen LogP contribution in [0.5, 0.6) is 0 Å². The van der Waals surface area contributed by atoms with Gasteiger partial charge in [-0.05, 0) is 24.3 Å². The molecule has 84 valence electrons. The van der Waals surface area contributed by atoms with Gasteiger partial charge in [-0.25, -0.2) is 9.37 Å². The summed E-state index contributed by atoms with van der Waals surface area (Å²) in [5.74, 6) is -0.983.